The van der Waals surface area contributed by atoms with Crippen molar-refractivity contribution >= 4 is 17.5 Å². The first-order valence-corrected chi connectivity index (χ1v) is 10.00. The number of carbonyl (C=O) groups excluding carboxylic acids is 1. The molecule has 0 aliphatic rings. The Labute approximate surface area is 188 Å². The lowest BCUT2D eigenvalue weighted by molar-refractivity contribution is 0.262. The molecule has 4 rings (SSSR count). The van der Waals surface area contributed by atoms with Gasteiger partial charge in [-0.2, -0.15) is 5.10 Å². The van der Waals surface area contributed by atoms with E-state index < -0.39 is 11.8 Å². The van der Waals surface area contributed by atoms with Crippen LogP contribution in [0.1, 0.15) is 26.5 Å². The van der Waals surface area contributed by atoms with Crippen LogP contribution in [0, 0.1) is 5.82 Å². The summed E-state index contributed by atoms with van der Waals surface area (Å²) in [6.45, 7) is 6.07. The standard InChI is InChI=1S/C22H22FN7O3/c1-22(2,3)18-9-19(30(4)29-18)28-21(31)27-15-6-5-13(7-14(15)23)33-20-8-16(25-11-26-20)17-10-24-12-32-17/h5-12H,1-4H3,(H2,27,28,31). The number of nitrogens with one attached hydrogen (secondary N) is 2. The summed E-state index contributed by atoms with van der Waals surface area (Å²) in [4.78, 5) is 24.3. The van der Waals surface area contributed by atoms with Crippen molar-refractivity contribution in [1.82, 2.24) is 24.7 Å². The van der Waals surface area contributed by atoms with E-state index in [0.29, 0.717) is 17.3 Å². The van der Waals surface area contributed by atoms with Crippen molar-refractivity contribution in [2.45, 2.75) is 26.2 Å². The molecule has 0 saturated heterocycles. The number of anilines is 2. The maximum Gasteiger partial charge on any atom is 0.324 e. The molecule has 33 heavy (non-hydrogen) atoms. The number of aryl methyl sites for hydroxylation is 1. The van der Waals surface area contributed by atoms with Gasteiger partial charge in [-0.1, -0.05) is 20.8 Å². The predicted molar refractivity (Wildman–Crippen MR) is 119 cm³/mol. The summed E-state index contributed by atoms with van der Waals surface area (Å²) in [6.07, 6.45) is 4.09. The molecule has 0 spiro atoms. The zero-order valence-electron chi connectivity index (χ0n) is 18.5. The number of oxazole rings is 1. The highest BCUT2D eigenvalue weighted by atomic mass is 19.1. The van der Waals surface area contributed by atoms with Crippen LogP contribution in [0.25, 0.3) is 11.5 Å². The van der Waals surface area contributed by atoms with E-state index in [1.165, 1.54) is 37.1 Å². The molecular formula is C22H22FN7O3. The fourth-order valence-electron chi connectivity index (χ4n) is 2.87. The Balaban J connectivity index is 1.42. The van der Waals surface area contributed by atoms with Crippen LogP contribution in [0.3, 0.4) is 0 Å². The summed E-state index contributed by atoms with van der Waals surface area (Å²) >= 11 is 0. The number of urea groups is 1. The predicted octanol–water partition coefficient (Wildman–Crippen LogP) is 4.74. The van der Waals surface area contributed by atoms with Gasteiger partial charge < -0.3 is 14.5 Å². The number of hydrogen-bond donors (Lipinski definition) is 2. The number of amides is 2. The minimum absolute atomic E-state index is 0.0110. The van der Waals surface area contributed by atoms with Crippen LogP contribution in [0.2, 0.25) is 0 Å². The fraction of sp³-hybridized carbons (Fsp3) is 0.227. The summed E-state index contributed by atoms with van der Waals surface area (Å²) in [5.41, 5.74) is 1.11. The van der Waals surface area contributed by atoms with Crippen LogP contribution >= 0.6 is 0 Å². The lowest BCUT2D eigenvalue weighted by Crippen LogP contribution is -2.21. The molecule has 0 aliphatic heterocycles. The average Bonchev–Trinajstić information content (AvgIpc) is 3.41. The molecule has 3 aromatic heterocycles. The zero-order chi connectivity index (χ0) is 23.6. The van der Waals surface area contributed by atoms with E-state index in [4.69, 9.17) is 9.15 Å². The molecular weight excluding hydrogens is 429 g/mol. The smallest absolute Gasteiger partial charge is 0.324 e. The van der Waals surface area contributed by atoms with Crippen molar-refractivity contribution in [2.75, 3.05) is 10.6 Å². The number of benzene rings is 1. The molecule has 2 N–H and O–H groups in total. The molecule has 0 unspecified atom stereocenters. The third kappa shape index (κ3) is 5.14. The molecule has 170 valence electrons. The highest BCUT2D eigenvalue weighted by Gasteiger charge is 2.20. The average molecular weight is 451 g/mol. The van der Waals surface area contributed by atoms with E-state index in [1.54, 1.807) is 17.8 Å². The lowest BCUT2D eigenvalue weighted by Gasteiger charge is -2.13. The zero-order valence-corrected chi connectivity index (χ0v) is 18.5. The van der Waals surface area contributed by atoms with E-state index >= 15 is 0 Å². The van der Waals surface area contributed by atoms with Crippen molar-refractivity contribution < 1.29 is 18.3 Å². The summed E-state index contributed by atoms with van der Waals surface area (Å²) in [5.74, 6) is 0.654. The van der Waals surface area contributed by atoms with Crippen molar-refractivity contribution in [3.8, 4) is 23.1 Å². The molecule has 0 radical (unpaired) electrons. The van der Waals surface area contributed by atoms with Crippen LogP contribution in [-0.2, 0) is 12.5 Å². The number of rotatable bonds is 5. The minimum atomic E-state index is -0.674. The van der Waals surface area contributed by atoms with Crippen molar-refractivity contribution in [3.63, 3.8) is 0 Å². The maximum absolute atomic E-state index is 14.6. The minimum Gasteiger partial charge on any atom is -0.442 e. The first kappa shape index (κ1) is 21.9. The van der Waals surface area contributed by atoms with Crippen LogP contribution < -0.4 is 15.4 Å². The number of ether oxygens (including phenoxy) is 1. The maximum atomic E-state index is 14.6. The first-order chi connectivity index (χ1) is 15.7. The van der Waals surface area contributed by atoms with Gasteiger partial charge in [0.25, 0.3) is 0 Å². The van der Waals surface area contributed by atoms with Gasteiger partial charge in [0.1, 0.15) is 29.4 Å². The van der Waals surface area contributed by atoms with Crippen LogP contribution in [-0.4, -0.2) is 30.8 Å². The third-order valence-corrected chi connectivity index (χ3v) is 4.63. The van der Waals surface area contributed by atoms with Gasteiger partial charge in [0.2, 0.25) is 5.88 Å². The van der Waals surface area contributed by atoms with E-state index in [-0.39, 0.29) is 22.7 Å². The SMILES string of the molecule is Cn1nc(C(C)(C)C)cc1NC(=O)Nc1ccc(Oc2cc(-c3cnco3)ncn2)cc1F. The number of carbonyl (C=O) groups is 1. The second-order valence-electron chi connectivity index (χ2n) is 8.22. The Morgan fingerprint density at radius 1 is 1.15 bits per heavy atom. The molecule has 0 bridgehead atoms. The Kier molecular flexibility index (Phi) is 5.78. The molecule has 0 atom stereocenters. The molecule has 4 aromatic rings. The number of hydrogen-bond acceptors (Lipinski definition) is 7. The van der Waals surface area contributed by atoms with E-state index in [2.05, 4.69) is 30.7 Å². The number of aromatic nitrogens is 5. The Hall–Kier alpha value is -4.28. The number of nitrogens with zero attached hydrogens (tertiary/aromatic N) is 5. The second kappa shape index (κ2) is 8.69. The summed E-state index contributed by atoms with van der Waals surface area (Å²) < 4.78 is 27.0. The van der Waals surface area contributed by atoms with Gasteiger partial charge in [-0.3, -0.25) is 10.00 Å². The van der Waals surface area contributed by atoms with E-state index in [9.17, 15) is 9.18 Å². The van der Waals surface area contributed by atoms with Gasteiger partial charge >= 0.3 is 6.03 Å². The van der Waals surface area contributed by atoms with Gasteiger partial charge in [-0.15, -0.1) is 0 Å². The lowest BCUT2D eigenvalue weighted by atomic mass is 9.92. The Morgan fingerprint density at radius 3 is 2.64 bits per heavy atom. The molecule has 2 amide bonds. The Morgan fingerprint density at radius 2 is 1.97 bits per heavy atom. The molecule has 0 saturated carbocycles. The molecule has 3 heterocycles. The topological polar surface area (TPSA) is 120 Å². The molecule has 0 fully saturated rings. The van der Waals surface area contributed by atoms with E-state index in [0.717, 1.165) is 11.8 Å². The third-order valence-electron chi connectivity index (χ3n) is 4.63. The largest absolute Gasteiger partial charge is 0.442 e. The van der Waals surface area contributed by atoms with Crippen molar-refractivity contribution in [2.24, 2.45) is 7.05 Å². The number of halogens is 1. The molecule has 11 heteroatoms. The fourth-order valence-corrected chi connectivity index (χ4v) is 2.87. The van der Waals surface area contributed by atoms with Gasteiger partial charge in [0.05, 0.1) is 17.6 Å². The van der Waals surface area contributed by atoms with Crippen LogP contribution in [0.4, 0.5) is 20.7 Å². The molecule has 1 aromatic carbocycles. The van der Waals surface area contributed by atoms with E-state index in [1.807, 2.05) is 20.8 Å². The second-order valence-corrected chi connectivity index (χ2v) is 8.22. The summed E-state index contributed by atoms with van der Waals surface area (Å²) in [6, 6.07) is 6.77. The quantitative estimate of drug-likeness (QED) is 0.450. The first-order valence-electron chi connectivity index (χ1n) is 10.00. The molecule has 0 aliphatic carbocycles. The van der Waals surface area contributed by atoms with Crippen molar-refractivity contribution in [1.29, 1.82) is 0 Å². The summed E-state index contributed by atoms with van der Waals surface area (Å²) in [7, 11) is 1.72. The highest BCUT2D eigenvalue weighted by molar-refractivity contribution is 5.99. The normalized spacial score (nSPS) is 11.3. The highest BCUT2D eigenvalue weighted by Crippen LogP contribution is 2.27. The Bertz CT molecular complexity index is 1280. The van der Waals surface area contributed by atoms with Crippen molar-refractivity contribution in [3.05, 3.63) is 60.8 Å². The summed E-state index contributed by atoms with van der Waals surface area (Å²) in [5, 5.41) is 9.56. The van der Waals surface area contributed by atoms with Gasteiger partial charge in [0, 0.05) is 30.7 Å². The van der Waals surface area contributed by atoms with Gasteiger partial charge in [-0.25, -0.2) is 24.1 Å². The van der Waals surface area contributed by atoms with Crippen LogP contribution in [0.5, 0.6) is 11.6 Å². The van der Waals surface area contributed by atoms with Gasteiger partial charge in [0.15, 0.2) is 12.2 Å². The molecule has 10 nitrogen and oxygen atoms in total. The van der Waals surface area contributed by atoms with Crippen LogP contribution in [0.15, 0.2) is 53.7 Å². The van der Waals surface area contributed by atoms with Gasteiger partial charge in [-0.05, 0) is 12.1 Å². The monoisotopic (exact) mass is 451 g/mol.